The summed E-state index contributed by atoms with van der Waals surface area (Å²) in [7, 11) is 0. The number of hydrogen-bond acceptors (Lipinski definition) is 4. The third-order valence-electron chi connectivity index (χ3n) is 2.32. The summed E-state index contributed by atoms with van der Waals surface area (Å²) in [6.07, 6.45) is 1.54. The van der Waals surface area contributed by atoms with Crippen LogP contribution in [0, 0.1) is 11.3 Å². The van der Waals surface area contributed by atoms with Crippen molar-refractivity contribution < 1.29 is 9.53 Å². The predicted octanol–water partition coefficient (Wildman–Crippen LogP) is 2.09. The van der Waals surface area contributed by atoms with Gasteiger partial charge >= 0.3 is 5.97 Å². The van der Waals surface area contributed by atoms with Crippen molar-refractivity contribution in [3.63, 3.8) is 0 Å². The maximum atomic E-state index is 11.4. The van der Waals surface area contributed by atoms with Crippen molar-refractivity contribution in [3.8, 4) is 6.07 Å². The standard InChI is InChI=1S/C14H16N2O2/c1-3-18-14(17)11(2)16-10-13(9-15)12-7-5-4-6-8-12/h4-8,10-11,16H,3H2,1-2H3/b13-10+/t11-/m0/s1. The zero-order chi connectivity index (χ0) is 13.4. The summed E-state index contributed by atoms with van der Waals surface area (Å²) in [5, 5.41) is 11.9. The van der Waals surface area contributed by atoms with Gasteiger partial charge in [0.05, 0.1) is 12.2 Å². The SMILES string of the molecule is CCOC(=O)[C@H](C)N/C=C(\C#N)c1ccccc1. The molecular formula is C14H16N2O2. The third kappa shape index (κ3) is 3.95. The first-order valence-corrected chi connectivity index (χ1v) is 5.77. The van der Waals surface area contributed by atoms with Crippen LogP contribution in [0.1, 0.15) is 19.4 Å². The Morgan fingerprint density at radius 2 is 2.17 bits per heavy atom. The highest BCUT2D eigenvalue weighted by atomic mass is 16.5. The summed E-state index contributed by atoms with van der Waals surface area (Å²) in [6.45, 7) is 3.79. The quantitative estimate of drug-likeness (QED) is 0.636. The van der Waals surface area contributed by atoms with E-state index in [9.17, 15) is 4.79 Å². The van der Waals surface area contributed by atoms with Gasteiger partial charge in [0.25, 0.3) is 0 Å². The van der Waals surface area contributed by atoms with Gasteiger partial charge in [0.2, 0.25) is 0 Å². The molecule has 0 amide bonds. The summed E-state index contributed by atoms with van der Waals surface area (Å²) in [5.74, 6) is -0.334. The number of ether oxygens (including phenoxy) is 1. The van der Waals surface area contributed by atoms with Gasteiger partial charge in [0, 0.05) is 6.20 Å². The molecule has 18 heavy (non-hydrogen) atoms. The van der Waals surface area contributed by atoms with Crippen LogP contribution in [0.2, 0.25) is 0 Å². The molecule has 0 spiro atoms. The van der Waals surface area contributed by atoms with Crippen LogP contribution in [0.25, 0.3) is 5.57 Å². The Labute approximate surface area is 107 Å². The minimum Gasteiger partial charge on any atom is -0.464 e. The molecule has 0 radical (unpaired) electrons. The average Bonchev–Trinajstić information content (AvgIpc) is 2.40. The van der Waals surface area contributed by atoms with Gasteiger partial charge in [-0.1, -0.05) is 30.3 Å². The Bertz CT molecular complexity index is 460. The number of carbonyl (C=O) groups excluding carboxylic acids is 1. The van der Waals surface area contributed by atoms with Gasteiger partial charge in [0.1, 0.15) is 12.1 Å². The van der Waals surface area contributed by atoms with Crippen LogP contribution in [0.3, 0.4) is 0 Å². The molecule has 4 heteroatoms. The van der Waals surface area contributed by atoms with Crippen molar-refractivity contribution in [3.05, 3.63) is 42.1 Å². The molecule has 0 saturated carbocycles. The molecule has 1 rings (SSSR count). The Balaban J connectivity index is 2.71. The van der Waals surface area contributed by atoms with Crippen molar-refractivity contribution in [1.82, 2.24) is 5.32 Å². The van der Waals surface area contributed by atoms with E-state index < -0.39 is 6.04 Å². The smallest absolute Gasteiger partial charge is 0.328 e. The van der Waals surface area contributed by atoms with E-state index in [1.54, 1.807) is 13.8 Å². The fraction of sp³-hybridized carbons (Fsp3) is 0.286. The second-order valence-corrected chi connectivity index (χ2v) is 3.68. The molecule has 4 nitrogen and oxygen atoms in total. The van der Waals surface area contributed by atoms with Crippen molar-refractivity contribution in [2.75, 3.05) is 6.61 Å². The highest BCUT2D eigenvalue weighted by molar-refractivity contribution is 5.78. The number of esters is 1. The molecule has 0 aromatic heterocycles. The van der Waals surface area contributed by atoms with Gasteiger partial charge < -0.3 is 10.1 Å². The van der Waals surface area contributed by atoms with Crippen LogP contribution in [0.5, 0.6) is 0 Å². The lowest BCUT2D eigenvalue weighted by Gasteiger charge is -2.10. The molecule has 0 aliphatic heterocycles. The van der Waals surface area contributed by atoms with Gasteiger partial charge in [-0.05, 0) is 19.4 Å². The summed E-state index contributed by atoms with van der Waals surface area (Å²) >= 11 is 0. The summed E-state index contributed by atoms with van der Waals surface area (Å²) < 4.78 is 4.86. The molecule has 1 aromatic carbocycles. The van der Waals surface area contributed by atoms with E-state index in [1.165, 1.54) is 6.20 Å². The molecule has 0 aliphatic rings. The Kier molecular flexibility index (Phi) is 5.46. The van der Waals surface area contributed by atoms with Gasteiger partial charge in [-0.25, -0.2) is 4.79 Å². The minimum absolute atomic E-state index is 0.334. The molecule has 1 N–H and O–H groups in total. The first kappa shape index (κ1) is 13.8. The molecule has 0 saturated heterocycles. The highest BCUT2D eigenvalue weighted by Crippen LogP contribution is 2.11. The van der Waals surface area contributed by atoms with Crippen LogP contribution in [-0.2, 0) is 9.53 Å². The zero-order valence-electron chi connectivity index (χ0n) is 10.5. The fourth-order valence-electron chi connectivity index (χ4n) is 1.34. The van der Waals surface area contributed by atoms with Crippen LogP contribution in [-0.4, -0.2) is 18.6 Å². The summed E-state index contributed by atoms with van der Waals surface area (Å²) in [6, 6.07) is 10.9. The monoisotopic (exact) mass is 244 g/mol. The molecular weight excluding hydrogens is 228 g/mol. The molecule has 0 aliphatic carbocycles. The van der Waals surface area contributed by atoms with Crippen LogP contribution in [0.4, 0.5) is 0 Å². The second kappa shape index (κ2) is 7.13. The maximum absolute atomic E-state index is 11.4. The van der Waals surface area contributed by atoms with E-state index >= 15 is 0 Å². The Morgan fingerprint density at radius 3 is 2.72 bits per heavy atom. The van der Waals surface area contributed by atoms with Crippen molar-refractivity contribution >= 4 is 11.5 Å². The van der Waals surface area contributed by atoms with E-state index in [0.717, 1.165) is 5.56 Å². The molecule has 1 atom stereocenters. The van der Waals surface area contributed by atoms with Gasteiger partial charge in [-0.3, -0.25) is 0 Å². The number of nitriles is 1. The van der Waals surface area contributed by atoms with Crippen LogP contribution in [0.15, 0.2) is 36.5 Å². The number of hydrogen-bond donors (Lipinski definition) is 1. The lowest BCUT2D eigenvalue weighted by atomic mass is 10.1. The number of nitrogens with zero attached hydrogens (tertiary/aromatic N) is 1. The number of allylic oxidation sites excluding steroid dienone is 1. The molecule has 0 bridgehead atoms. The first-order chi connectivity index (χ1) is 8.69. The van der Waals surface area contributed by atoms with E-state index in [0.29, 0.717) is 12.2 Å². The van der Waals surface area contributed by atoms with Crippen molar-refractivity contribution in [1.29, 1.82) is 5.26 Å². The molecule has 0 fully saturated rings. The van der Waals surface area contributed by atoms with Crippen molar-refractivity contribution in [2.45, 2.75) is 19.9 Å². The number of benzene rings is 1. The molecule has 1 aromatic rings. The van der Waals surface area contributed by atoms with E-state index in [2.05, 4.69) is 11.4 Å². The maximum Gasteiger partial charge on any atom is 0.328 e. The lowest BCUT2D eigenvalue weighted by molar-refractivity contribution is -0.144. The number of carbonyl (C=O) groups is 1. The fourth-order valence-corrected chi connectivity index (χ4v) is 1.34. The molecule has 0 unspecified atom stereocenters. The van der Waals surface area contributed by atoms with Gasteiger partial charge in [0.15, 0.2) is 0 Å². The average molecular weight is 244 g/mol. The van der Waals surface area contributed by atoms with Crippen molar-refractivity contribution in [2.24, 2.45) is 0 Å². The van der Waals surface area contributed by atoms with Crippen LogP contribution >= 0.6 is 0 Å². The number of nitrogens with one attached hydrogen (secondary N) is 1. The second-order valence-electron chi connectivity index (χ2n) is 3.68. The topological polar surface area (TPSA) is 62.1 Å². The third-order valence-corrected chi connectivity index (χ3v) is 2.32. The number of rotatable bonds is 5. The van der Waals surface area contributed by atoms with E-state index in [4.69, 9.17) is 10.00 Å². The molecule has 0 heterocycles. The van der Waals surface area contributed by atoms with E-state index in [1.807, 2.05) is 30.3 Å². The minimum atomic E-state index is -0.475. The molecule has 94 valence electrons. The largest absolute Gasteiger partial charge is 0.464 e. The van der Waals surface area contributed by atoms with Gasteiger partial charge in [-0.2, -0.15) is 5.26 Å². The Hall–Kier alpha value is -2.28. The van der Waals surface area contributed by atoms with Gasteiger partial charge in [-0.15, -0.1) is 0 Å². The summed E-state index contributed by atoms with van der Waals surface area (Å²) in [4.78, 5) is 11.4. The summed E-state index contributed by atoms with van der Waals surface area (Å²) in [5.41, 5.74) is 1.29. The Morgan fingerprint density at radius 1 is 1.50 bits per heavy atom. The van der Waals surface area contributed by atoms with Crippen LogP contribution < -0.4 is 5.32 Å². The zero-order valence-corrected chi connectivity index (χ0v) is 10.5. The normalized spacial score (nSPS) is 12.4. The predicted molar refractivity (Wildman–Crippen MR) is 69.3 cm³/mol. The lowest BCUT2D eigenvalue weighted by Crippen LogP contribution is -2.32. The highest BCUT2D eigenvalue weighted by Gasteiger charge is 2.11. The first-order valence-electron chi connectivity index (χ1n) is 5.77. The van der Waals surface area contributed by atoms with E-state index in [-0.39, 0.29) is 5.97 Å².